The Balaban J connectivity index is 2.10. The molecule has 4 nitrogen and oxygen atoms in total. The van der Waals surface area contributed by atoms with Gasteiger partial charge in [0.1, 0.15) is 5.75 Å². The van der Waals surface area contributed by atoms with E-state index in [2.05, 4.69) is 0 Å². The molecule has 0 saturated heterocycles. The largest absolute Gasteiger partial charge is 0.493 e. The van der Waals surface area contributed by atoms with Crippen LogP contribution in [0.5, 0.6) is 5.75 Å². The Labute approximate surface area is 113 Å². The van der Waals surface area contributed by atoms with Crippen molar-refractivity contribution in [1.29, 1.82) is 0 Å². The van der Waals surface area contributed by atoms with Crippen molar-refractivity contribution in [3.05, 3.63) is 29.3 Å². The van der Waals surface area contributed by atoms with E-state index >= 15 is 0 Å². The predicted octanol–water partition coefficient (Wildman–Crippen LogP) is 2.34. The van der Waals surface area contributed by atoms with Gasteiger partial charge in [-0.25, -0.2) is 0 Å². The number of carboxylic acids is 1. The Bertz CT molecular complexity index is 455. The first-order chi connectivity index (χ1) is 9.10. The number of hydrogen-bond acceptors (Lipinski definition) is 3. The zero-order valence-electron chi connectivity index (χ0n) is 11.1. The molecule has 0 fully saturated rings. The topological polar surface area (TPSA) is 66.8 Å². The van der Waals surface area contributed by atoms with E-state index < -0.39 is 5.97 Å². The minimum Gasteiger partial charge on any atom is -0.493 e. The van der Waals surface area contributed by atoms with E-state index in [1.54, 1.807) is 6.07 Å². The molecule has 0 spiro atoms. The van der Waals surface area contributed by atoms with Crippen LogP contribution in [0.3, 0.4) is 0 Å². The summed E-state index contributed by atoms with van der Waals surface area (Å²) in [5, 5.41) is 18.7. The minimum atomic E-state index is -0.832. The molecule has 1 unspecified atom stereocenters. The van der Waals surface area contributed by atoms with Gasteiger partial charge in [-0.05, 0) is 24.5 Å². The first kappa shape index (κ1) is 13.9. The normalized spacial score (nSPS) is 18.7. The Kier molecular flexibility index (Phi) is 4.43. The van der Waals surface area contributed by atoms with E-state index in [0.29, 0.717) is 13.0 Å². The Morgan fingerprint density at radius 1 is 1.53 bits per heavy atom. The maximum Gasteiger partial charge on any atom is 0.307 e. The smallest absolute Gasteiger partial charge is 0.307 e. The molecule has 1 heterocycles. The number of aliphatic hydroxyl groups is 1. The SMILES string of the molecule is CCC[C@H](O)CC1COc2ccc(CC(=O)O)cc21. The van der Waals surface area contributed by atoms with Gasteiger partial charge in [-0.1, -0.05) is 25.5 Å². The highest BCUT2D eigenvalue weighted by atomic mass is 16.5. The molecule has 0 bridgehead atoms. The fourth-order valence-electron chi connectivity index (χ4n) is 2.59. The fraction of sp³-hybridized carbons (Fsp3) is 0.533. The van der Waals surface area contributed by atoms with Crippen LogP contribution in [0.4, 0.5) is 0 Å². The van der Waals surface area contributed by atoms with Crippen LogP contribution in [0.1, 0.15) is 43.2 Å². The van der Waals surface area contributed by atoms with Gasteiger partial charge in [0, 0.05) is 11.5 Å². The molecule has 2 N–H and O–H groups in total. The molecule has 1 aromatic carbocycles. The fourth-order valence-corrected chi connectivity index (χ4v) is 2.59. The van der Waals surface area contributed by atoms with Crippen LogP contribution in [0.15, 0.2) is 18.2 Å². The van der Waals surface area contributed by atoms with Gasteiger partial charge < -0.3 is 14.9 Å². The maximum atomic E-state index is 10.7. The Morgan fingerprint density at radius 2 is 2.32 bits per heavy atom. The minimum absolute atomic E-state index is 0.0253. The molecule has 0 radical (unpaired) electrons. The summed E-state index contributed by atoms with van der Waals surface area (Å²) in [7, 11) is 0. The summed E-state index contributed by atoms with van der Waals surface area (Å²) in [6.45, 7) is 2.62. The molecule has 0 amide bonds. The van der Waals surface area contributed by atoms with Crippen molar-refractivity contribution in [2.75, 3.05) is 6.61 Å². The number of carbonyl (C=O) groups is 1. The number of benzene rings is 1. The van der Waals surface area contributed by atoms with Crippen molar-refractivity contribution in [3.8, 4) is 5.75 Å². The summed E-state index contributed by atoms with van der Waals surface area (Å²) in [5.41, 5.74) is 1.82. The molecule has 0 saturated carbocycles. The molecule has 0 aromatic heterocycles. The molecule has 1 aliphatic rings. The second kappa shape index (κ2) is 6.06. The molecule has 1 aromatic rings. The molecule has 2 rings (SSSR count). The van der Waals surface area contributed by atoms with Crippen molar-refractivity contribution < 1.29 is 19.7 Å². The Morgan fingerprint density at radius 3 is 3.00 bits per heavy atom. The lowest BCUT2D eigenvalue weighted by Gasteiger charge is -2.14. The monoisotopic (exact) mass is 264 g/mol. The number of aliphatic carboxylic acids is 1. The zero-order valence-corrected chi connectivity index (χ0v) is 11.1. The van der Waals surface area contributed by atoms with Crippen molar-refractivity contribution in [3.63, 3.8) is 0 Å². The quantitative estimate of drug-likeness (QED) is 0.827. The lowest BCUT2D eigenvalue weighted by Crippen LogP contribution is -2.13. The van der Waals surface area contributed by atoms with Crippen molar-refractivity contribution in [2.45, 2.75) is 44.6 Å². The van der Waals surface area contributed by atoms with Gasteiger partial charge in [0.15, 0.2) is 0 Å². The molecule has 19 heavy (non-hydrogen) atoms. The average molecular weight is 264 g/mol. The van der Waals surface area contributed by atoms with E-state index in [0.717, 1.165) is 29.7 Å². The van der Waals surface area contributed by atoms with Crippen molar-refractivity contribution in [1.82, 2.24) is 0 Å². The second-order valence-corrected chi connectivity index (χ2v) is 5.13. The van der Waals surface area contributed by atoms with Crippen LogP contribution in [-0.4, -0.2) is 28.9 Å². The van der Waals surface area contributed by atoms with E-state index in [4.69, 9.17) is 9.84 Å². The van der Waals surface area contributed by atoms with Crippen molar-refractivity contribution in [2.24, 2.45) is 0 Å². The van der Waals surface area contributed by atoms with Gasteiger partial charge in [-0.15, -0.1) is 0 Å². The molecule has 0 aliphatic carbocycles. The van der Waals surface area contributed by atoms with Crippen LogP contribution in [0, 0.1) is 0 Å². The van der Waals surface area contributed by atoms with Gasteiger partial charge in [0.25, 0.3) is 0 Å². The molecular formula is C15H20O4. The maximum absolute atomic E-state index is 10.7. The third kappa shape index (κ3) is 3.47. The highest BCUT2D eigenvalue weighted by molar-refractivity contribution is 5.70. The number of fused-ring (bicyclic) bond motifs is 1. The molecular weight excluding hydrogens is 244 g/mol. The van der Waals surface area contributed by atoms with E-state index in [1.807, 2.05) is 19.1 Å². The summed E-state index contributed by atoms with van der Waals surface area (Å²) in [5.74, 6) is 0.162. The van der Waals surface area contributed by atoms with E-state index in [-0.39, 0.29) is 18.4 Å². The van der Waals surface area contributed by atoms with Gasteiger partial charge in [0.2, 0.25) is 0 Å². The van der Waals surface area contributed by atoms with Crippen LogP contribution in [-0.2, 0) is 11.2 Å². The summed E-state index contributed by atoms with van der Waals surface area (Å²) in [6, 6.07) is 5.53. The number of rotatable bonds is 6. The molecule has 4 heteroatoms. The summed E-state index contributed by atoms with van der Waals surface area (Å²) in [4.78, 5) is 10.7. The molecule has 104 valence electrons. The highest BCUT2D eigenvalue weighted by Gasteiger charge is 2.26. The number of hydrogen-bond donors (Lipinski definition) is 2. The lowest BCUT2D eigenvalue weighted by atomic mass is 9.92. The predicted molar refractivity (Wildman–Crippen MR) is 71.5 cm³/mol. The Hall–Kier alpha value is -1.55. The van der Waals surface area contributed by atoms with Gasteiger partial charge in [-0.3, -0.25) is 4.79 Å². The standard InChI is InChI=1S/C15H20O4/c1-2-3-12(16)8-11-9-19-14-5-4-10(6-13(11)14)7-15(17)18/h4-6,11-12,16H,2-3,7-9H2,1H3,(H,17,18)/t11?,12-/m0/s1. The summed E-state index contributed by atoms with van der Waals surface area (Å²) >= 11 is 0. The van der Waals surface area contributed by atoms with E-state index in [1.165, 1.54) is 0 Å². The molecule has 1 aliphatic heterocycles. The summed E-state index contributed by atoms with van der Waals surface area (Å²) in [6.07, 6.45) is 2.14. The lowest BCUT2D eigenvalue weighted by molar-refractivity contribution is -0.136. The van der Waals surface area contributed by atoms with Crippen LogP contribution >= 0.6 is 0 Å². The van der Waals surface area contributed by atoms with Gasteiger partial charge >= 0.3 is 5.97 Å². The van der Waals surface area contributed by atoms with Gasteiger partial charge in [0.05, 0.1) is 19.1 Å². The van der Waals surface area contributed by atoms with Crippen molar-refractivity contribution >= 4 is 5.97 Å². The zero-order chi connectivity index (χ0) is 13.8. The number of aliphatic hydroxyl groups excluding tert-OH is 1. The average Bonchev–Trinajstić information content (AvgIpc) is 2.71. The van der Waals surface area contributed by atoms with Gasteiger partial charge in [-0.2, -0.15) is 0 Å². The highest BCUT2D eigenvalue weighted by Crippen LogP contribution is 2.37. The first-order valence-corrected chi connectivity index (χ1v) is 6.75. The first-order valence-electron chi connectivity index (χ1n) is 6.75. The third-order valence-electron chi connectivity index (χ3n) is 3.49. The number of carboxylic acid groups (broad SMARTS) is 1. The number of ether oxygens (including phenoxy) is 1. The van der Waals surface area contributed by atoms with Crippen LogP contribution in [0.2, 0.25) is 0 Å². The van der Waals surface area contributed by atoms with E-state index in [9.17, 15) is 9.90 Å². The summed E-state index contributed by atoms with van der Waals surface area (Å²) < 4.78 is 5.59. The molecule has 2 atom stereocenters. The van der Waals surface area contributed by atoms with Crippen LogP contribution < -0.4 is 4.74 Å². The van der Waals surface area contributed by atoms with Crippen LogP contribution in [0.25, 0.3) is 0 Å². The second-order valence-electron chi connectivity index (χ2n) is 5.13. The third-order valence-corrected chi connectivity index (χ3v) is 3.49.